The normalized spacial score (nSPS) is 11.8. The lowest BCUT2D eigenvalue weighted by Gasteiger charge is -2.13. The van der Waals surface area contributed by atoms with Gasteiger partial charge in [-0.2, -0.15) is 0 Å². The van der Waals surface area contributed by atoms with E-state index in [1.54, 1.807) is 24.3 Å². The number of carbonyl (C=O) groups is 2. The SMILES string of the molecule is CNC(=O)CNCC(C(=O)O)c1ccccc1. The Kier molecular flexibility index (Phi) is 5.16. The van der Waals surface area contributed by atoms with Gasteiger partial charge in [-0.05, 0) is 5.56 Å². The lowest BCUT2D eigenvalue weighted by molar-refractivity contribution is -0.138. The first-order chi connectivity index (χ1) is 8.15. The van der Waals surface area contributed by atoms with E-state index in [1.165, 1.54) is 7.05 Å². The Labute approximate surface area is 99.8 Å². The number of carboxylic acid groups (broad SMARTS) is 1. The molecule has 0 saturated heterocycles. The highest BCUT2D eigenvalue weighted by atomic mass is 16.4. The number of nitrogens with one attached hydrogen (secondary N) is 2. The number of hydrogen-bond acceptors (Lipinski definition) is 3. The number of likely N-dealkylation sites (N-methyl/N-ethyl adjacent to an activating group) is 1. The summed E-state index contributed by atoms with van der Waals surface area (Å²) in [5.41, 5.74) is 0.726. The van der Waals surface area contributed by atoms with Crippen LogP contribution in [0.5, 0.6) is 0 Å². The highest BCUT2D eigenvalue weighted by molar-refractivity contribution is 5.78. The fourth-order valence-electron chi connectivity index (χ4n) is 1.45. The Balaban J connectivity index is 2.56. The first-order valence-corrected chi connectivity index (χ1v) is 5.34. The molecule has 0 aromatic heterocycles. The number of amides is 1. The smallest absolute Gasteiger partial charge is 0.312 e. The molecule has 1 atom stereocenters. The second-order valence-electron chi connectivity index (χ2n) is 3.61. The fraction of sp³-hybridized carbons (Fsp3) is 0.333. The predicted molar refractivity (Wildman–Crippen MR) is 63.8 cm³/mol. The van der Waals surface area contributed by atoms with Crippen molar-refractivity contribution < 1.29 is 14.7 Å². The van der Waals surface area contributed by atoms with Crippen molar-refractivity contribution in [3.8, 4) is 0 Å². The Hall–Kier alpha value is -1.88. The molecule has 0 fully saturated rings. The average Bonchev–Trinajstić information content (AvgIpc) is 2.34. The summed E-state index contributed by atoms with van der Waals surface area (Å²) >= 11 is 0. The van der Waals surface area contributed by atoms with E-state index in [4.69, 9.17) is 5.11 Å². The third-order valence-corrected chi connectivity index (χ3v) is 2.41. The highest BCUT2D eigenvalue weighted by Gasteiger charge is 2.19. The van der Waals surface area contributed by atoms with Crippen LogP contribution in [0.3, 0.4) is 0 Å². The zero-order valence-electron chi connectivity index (χ0n) is 9.64. The molecule has 0 spiro atoms. The monoisotopic (exact) mass is 236 g/mol. The number of carboxylic acids is 1. The van der Waals surface area contributed by atoms with Crippen LogP contribution < -0.4 is 10.6 Å². The number of rotatable bonds is 6. The molecule has 1 rings (SSSR count). The summed E-state index contributed by atoms with van der Waals surface area (Å²) in [5.74, 6) is -1.70. The van der Waals surface area contributed by atoms with Crippen molar-refractivity contribution in [3.63, 3.8) is 0 Å². The summed E-state index contributed by atoms with van der Waals surface area (Å²) in [6.45, 7) is 0.347. The zero-order valence-corrected chi connectivity index (χ0v) is 9.64. The van der Waals surface area contributed by atoms with Gasteiger partial charge in [-0.3, -0.25) is 9.59 Å². The van der Waals surface area contributed by atoms with Gasteiger partial charge in [0.2, 0.25) is 5.91 Å². The second-order valence-corrected chi connectivity index (χ2v) is 3.61. The van der Waals surface area contributed by atoms with E-state index in [0.29, 0.717) is 0 Å². The summed E-state index contributed by atoms with van der Waals surface area (Å²) < 4.78 is 0. The van der Waals surface area contributed by atoms with Crippen LogP contribution in [0.1, 0.15) is 11.5 Å². The Morgan fingerprint density at radius 1 is 1.29 bits per heavy atom. The van der Waals surface area contributed by atoms with Gasteiger partial charge >= 0.3 is 5.97 Å². The summed E-state index contributed by atoms with van der Waals surface area (Å²) in [6, 6.07) is 8.95. The first-order valence-electron chi connectivity index (χ1n) is 5.34. The van der Waals surface area contributed by atoms with E-state index < -0.39 is 11.9 Å². The van der Waals surface area contributed by atoms with Crippen LogP contribution in [0.25, 0.3) is 0 Å². The molecule has 0 bridgehead atoms. The van der Waals surface area contributed by atoms with E-state index in [2.05, 4.69) is 10.6 Å². The van der Waals surface area contributed by atoms with Gasteiger partial charge in [0.15, 0.2) is 0 Å². The van der Waals surface area contributed by atoms with Gasteiger partial charge in [-0.25, -0.2) is 0 Å². The van der Waals surface area contributed by atoms with E-state index >= 15 is 0 Å². The average molecular weight is 236 g/mol. The van der Waals surface area contributed by atoms with Crippen molar-refractivity contribution in [2.45, 2.75) is 5.92 Å². The van der Waals surface area contributed by atoms with Crippen LogP contribution in [-0.2, 0) is 9.59 Å². The Bertz CT molecular complexity index is 379. The topological polar surface area (TPSA) is 78.4 Å². The van der Waals surface area contributed by atoms with Crippen molar-refractivity contribution in [3.05, 3.63) is 35.9 Å². The lowest BCUT2D eigenvalue weighted by Crippen LogP contribution is -2.35. The number of benzene rings is 1. The molecule has 17 heavy (non-hydrogen) atoms. The minimum absolute atomic E-state index is 0.118. The van der Waals surface area contributed by atoms with Gasteiger partial charge in [0.05, 0.1) is 12.5 Å². The van der Waals surface area contributed by atoms with Gasteiger partial charge in [0.1, 0.15) is 0 Å². The highest BCUT2D eigenvalue weighted by Crippen LogP contribution is 2.14. The van der Waals surface area contributed by atoms with Gasteiger partial charge in [0.25, 0.3) is 0 Å². The van der Waals surface area contributed by atoms with E-state index in [1.807, 2.05) is 6.07 Å². The molecule has 5 nitrogen and oxygen atoms in total. The predicted octanol–water partition coefficient (Wildman–Crippen LogP) is 0.190. The van der Waals surface area contributed by atoms with Crippen molar-refractivity contribution in [1.29, 1.82) is 0 Å². The molecular weight excluding hydrogens is 220 g/mol. The van der Waals surface area contributed by atoms with Gasteiger partial charge in [0, 0.05) is 13.6 Å². The molecule has 0 saturated carbocycles. The van der Waals surface area contributed by atoms with Crippen molar-refractivity contribution in [2.75, 3.05) is 20.1 Å². The van der Waals surface area contributed by atoms with Crippen LogP contribution in [-0.4, -0.2) is 37.1 Å². The zero-order chi connectivity index (χ0) is 12.7. The molecule has 0 aliphatic rings. The molecule has 3 N–H and O–H groups in total. The number of hydrogen-bond donors (Lipinski definition) is 3. The first kappa shape index (κ1) is 13.2. The summed E-state index contributed by atoms with van der Waals surface area (Å²) in [4.78, 5) is 22.1. The maximum atomic E-state index is 11.1. The molecule has 1 aromatic rings. The van der Waals surface area contributed by atoms with E-state index in [0.717, 1.165) is 5.56 Å². The number of carbonyl (C=O) groups excluding carboxylic acids is 1. The number of aliphatic carboxylic acids is 1. The standard InChI is InChI=1S/C12H16N2O3/c1-13-11(15)8-14-7-10(12(16)17)9-5-3-2-4-6-9/h2-6,10,14H,7-8H2,1H3,(H,13,15)(H,16,17). The molecule has 1 amide bonds. The van der Waals surface area contributed by atoms with Crippen LogP contribution >= 0.6 is 0 Å². The van der Waals surface area contributed by atoms with E-state index in [9.17, 15) is 9.59 Å². The van der Waals surface area contributed by atoms with Gasteiger partial charge in [-0.15, -0.1) is 0 Å². The molecule has 1 unspecified atom stereocenters. The lowest BCUT2D eigenvalue weighted by atomic mass is 9.99. The maximum Gasteiger partial charge on any atom is 0.312 e. The van der Waals surface area contributed by atoms with Crippen LogP contribution in [0.4, 0.5) is 0 Å². The van der Waals surface area contributed by atoms with Gasteiger partial charge < -0.3 is 15.7 Å². The summed E-state index contributed by atoms with van der Waals surface area (Å²) in [5, 5.41) is 14.4. The van der Waals surface area contributed by atoms with Crippen molar-refractivity contribution >= 4 is 11.9 Å². The van der Waals surface area contributed by atoms with Crippen LogP contribution in [0, 0.1) is 0 Å². The van der Waals surface area contributed by atoms with E-state index in [-0.39, 0.29) is 19.0 Å². The fourth-order valence-corrected chi connectivity index (χ4v) is 1.45. The molecule has 5 heteroatoms. The minimum Gasteiger partial charge on any atom is -0.481 e. The summed E-state index contributed by atoms with van der Waals surface area (Å²) in [7, 11) is 1.54. The molecule has 0 aliphatic heterocycles. The largest absolute Gasteiger partial charge is 0.481 e. The second kappa shape index (κ2) is 6.65. The summed E-state index contributed by atoms with van der Waals surface area (Å²) in [6.07, 6.45) is 0. The third kappa shape index (κ3) is 4.24. The van der Waals surface area contributed by atoms with Crippen molar-refractivity contribution in [2.24, 2.45) is 0 Å². The van der Waals surface area contributed by atoms with Crippen LogP contribution in [0.15, 0.2) is 30.3 Å². The minimum atomic E-state index is -0.902. The quantitative estimate of drug-likeness (QED) is 0.659. The van der Waals surface area contributed by atoms with Crippen molar-refractivity contribution in [1.82, 2.24) is 10.6 Å². The Morgan fingerprint density at radius 2 is 1.94 bits per heavy atom. The van der Waals surface area contributed by atoms with Crippen LogP contribution in [0.2, 0.25) is 0 Å². The Morgan fingerprint density at radius 3 is 2.47 bits per heavy atom. The molecule has 1 aromatic carbocycles. The molecular formula is C12H16N2O3. The molecule has 0 aliphatic carbocycles. The van der Waals surface area contributed by atoms with Gasteiger partial charge in [-0.1, -0.05) is 30.3 Å². The molecule has 0 heterocycles. The third-order valence-electron chi connectivity index (χ3n) is 2.41. The molecule has 0 radical (unpaired) electrons. The maximum absolute atomic E-state index is 11.1. The molecule has 92 valence electrons.